The van der Waals surface area contributed by atoms with Gasteiger partial charge in [-0.1, -0.05) is 15.9 Å². The Morgan fingerprint density at radius 2 is 1.79 bits per heavy atom. The molecule has 2 aromatic carbocycles. The molecule has 3 rings (SSSR count). The highest BCUT2D eigenvalue weighted by Gasteiger charge is 2.37. The Hall–Kier alpha value is -3.73. The number of carbonyl (C=O) groups is 4. The second-order valence-corrected chi connectivity index (χ2v) is 7.41. The zero-order valence-corrected chi connectivity index (χ0v) is 19.1. The Morgan fingerprint density at radius 1 is 1.12 bits per heavy atom. The summed E-state index contributed by atoms with van der Waals surface area (Å²) in [4.78, 5) is 49.8. The van der Waals surface area contributed by atoms with Crippen LogP contribution in [0, 0.1) is 5.82 Å². The molecule has 2 aromatic rings. The van der Waals surface area contributed by atoms with Crippen molar-refractivity contribution >= 4 is 51.5 Å². The molecule has 33 heavy (non-hydrogen) atoms. The first kappa shape index (κ1) is 23.9. The molecular weight excluding hydrogens is 503 g/mol. The number of benzene rings is 2. The van der Waals surface area contributed by atoms with Crippen LogP contribution < -0.4 is 19.7 Å². The summed E-state index contributed by atoms with van der Waals surface area (Å²) in [5, 5.41) is 2.10. The number of hydrogen-bond acceptors (Lipinski definition) is 7. The molecule has 9 nitrogen and oxygen atoms in total. The first-order chi connectivity index (χ1) is 15.7. The number of methoxy groups -OCH3 is 1. The van der Waals surface area contributed by atoms with Crippen LogP contribution in [0.4, 0.5) is 14.9 Å². The van der Waals surface area contributed by atoms with Gasteiger partial charge < -0.3 is 14.2 Å². The highest BCUT2D eigenvalue weighted by atomic mass is 79.9. The molecule has 0 saturated carbocycles. The normalized spacial score (nSPS) is 14.8. The predicted octanol–water partition coefficient (Wildman–Crippen LogP) is 3.21. The van der Waals surface area contributed by atoms with E-state index in [1.807, 2.05) is 0 Å². The van der Waals surface area contributed by atoms with E-state index in [-0.39, 0.29) is 36.0 Å². The highest BCUT2D eigenvalue weighted by molar-refractivity contribution is 9.10. The summed E-state index contributed by atoms with van der Waals surface area (Å²) in [5.41, 5.74) is 0.138. The van der Waals surface area contributed by atoms with Gasteiger partial charge in [0.05, 0.1) is 19.4 Å². The molecule has 4 amide bonds. The molecule has 1 aliphatic rings. The van der Waals surface area contributed by atoms with Crippen LogP contribution in [-0.2, 0) is 19.1 Å². The van der Waals surface area contributed by atoms with Crippen LogP contribution in [0.5, 0.6) is 11.5 Å². The second kappa shape index (κ2) is 10.3. The summed E-state index contributed by atoms with van der Waals surface area (Å²) in [7, 11) is 1.23. The number of imide groups is 2. The molecule has 11 heteroatoms. The monoisotopic (exact) mass is 520 g/mol. The van der Waals surface area contributed by atoms with E-state index in [9.17, 15) is 23.6 Å². The van der Waals surface area contributed by atoms with Crippen LogP contribution in [0.1, 0.15) is 12.5 Å². The molecule has 1 fully saturated rings. The van der Waals surface area contributed by atoms with E-state index in [1.54, 1.807) is 6.92 Å². The molecule has 1 N–H and O–H groups in total. The van der Waals surface area contributed by atoms with E-state index in [1.165, 1.54) is 37.5 Å². The smallest absolute Gasteiger partial charge is 0.343 e. The van der Waals surface area contributed by atoms with Crippen molar-refractivity contribution in [3.8, 4) is 11.5 Å². The van der Waals surface area contributed by atoms with Gasteiger partial charge in [0, 0.05) is 4.47 Å². The summed E-state index contributed by atoms with van der Waals surface area (Å²) in [6.45, 7) is 1.67. The first-order valence-electron chi connectivity index (χ1n) is 9.58. The van der Waals surface area contributed by atoms with Gasteiger partial charge in [0.25, 0.3) is 11.8 Å². The zero-order chi connectivity index (χ0) is 24.1. The highest BCUT2D eigenvalue weighted by Crippen LogP contribution is 2.35. The van der Waals surface area contributed by atoms with E-state index in [0.717, 1.165) is 17.0 Å². The lowest BCUT2D eigenvalue weighted by atomic mass is 10.1. The number of nitrogens with one attached hydrogen (secondary N) is 1. The van der Waals surface area contributed by atoms with E-state index in [4.69, 9.17) is 9.47 Å². The van der Waals surface area contributed by atoms with Crippen molar-refractivity contribution in [2.75, 3.05) is 25.2 Å². The summed E-state index contributed by atoms with van der Waals surface area (Å²) < 4.78 is 29.2. The molecule has 0 bridgehead atoms. The number of rotatable bonds is 7. The fraction of sp³-hybridized carbons (Fsp3) is 0.182. The van der Waals surface area contributed by atoms with Gasteiger partial charge in [-0.15, -0.1) is 0 Å². The summed E-state index contributed by atoms with van der Waals surface area (Å²) in [6.07, 6.45) is 1.28. The van der Waals surface area contributed by atoms with Crippen molar-refractivity contribution in [2.24, 2.45) is 0 Å². The molecule has 0 aliphatic carbocycles. The van der Waals surface area contributed by atoms with Gasteiger partial charge in [-0.05, 0) is 55.0 Å². The van der Waals surface area contributed by atoms with Gasteiger partial charge in [-0.25, -0.2) is 18.9 Å². The quantitative estimate of drug-likeness (QED) is 0.339. The maximum Gasteiger partial charge on any atom is 0.343 e. The third kappa shape index (κ3) is 5.37. The van der Waals surface area contributed by atoms with E-state index >= 15 is 0 Å². The Kier molecular flexibility index (Phi) is 7.44. The summed E-state index contributed by atoms with van der Waals surface area (Å²) in [5.74, 6) is -2.41. The second-order valence-electron chi connectivity index (χ2n) is 6.55. The van der Waals surface area contributed by atoms with Crippen LogP contribution >= 0.6 is 15.9 Å². The average Bonchev–Trinajstić information content (AvgIpc) is 2.78. The topological polar surface area (TPSA) is 111 Å². The third-order valence-corrected chi connectivity index (χ3v) is 5.11. The minimum atomic E-state index is -0.950. The molecule has 0 aromatic heterocycles. The zero-order valence-electron chi connectivity index (χ0n) is 17.5. The molecule has 0 atom stereocenters. The predicted molar refractivity (Wildman–Crippen MR) is 118 cm³/mol. The van der Waals surface area contributed by atoms with Crippen molar-refractivity contribution < 1.29 is 37.8 Å². The first-order valence-corrected chi connectivity index (χ1v) is 10.4. The maximum atomic E-state index is 13.2. The molecule has 0 radical (unpaired) electrons. The number of halogens is 2. The maximum absolute atomic E-state index is 13.2. The largest absolute Gasteiger partial charge is 0.490 e. The van der Waals surface area contributed by atoms with E-state index in [0.29, 0.717) is 10.0 Å². The van der Waals surface area contributed by atoms with Gasteiger partial charge in [0.15, 0.2) is 18.1 Å². The lowest BCUT2D eigenvalue weighted by molar-refractivity contribution is -0.143. The Balaban J connectivity index is 1.99. The van der Waals surface area contributed by atoms with Crippen LogP contribution in [0.3, 0.4) is 0 Å². The molecule has 1 saturated heterocycles. The van der Waals surface area contributed by atoms with E-state index < -0.39 is 29.6 Å². The van der Waals surface area contributed by atoms with Crippen molar-refractivity contribution in [1.82, 2.24) is 5.32 Å². The summed E-state index contributed by atoms with van der Waals surface area (Å²) >= 11 is 3.34. The Morgan fingerprint density at radius 3 is 2.42 bits per heavy atom. The van der Waals surface area contributed by atoms with E-state index in [2.05, 4.69) is 26.0 Å². The Labute approximate surface area is 196 Å². The van der Waals surface area contributed by atoms with Gasteiger partial charge >= 0.3 is 12.0 Å². The fourth-order valence-corrected chi connectivity index (χ4v) is 3.31. The number of hydrogen-bond donors (Lipinski definition) is 1. The van der Waals surface area contributed by atoms with Crippen LogP contribution in [0.15, 0.2) is 46.4 Å². The van der Waals surface area contributed by atoms with Crippen molar-refractivity contribution in [3.05, 3.63) is 57.8 Å². The molecule has 0 unspecified atom stereocenters. The molecule has 172 valence electrons. The number of esters is 1. The SMILES string of the molecule is CCOc1cc(/C=C2\C(=O)NC(=O)N(c3ccc(F)cc3)C2=O)c(Br)cc1OCC(=O)OC. The van der Waals surface area contributed by atoms with Crippen molar-refractivity contribution in [2.45, 2.75) is 6.92 Å². The molecular formula is C22H18BrFN2O7. The minimum Gasteiger partial charge on any atom is -0.490 e. The standard InChI is InChI=1S/C22H18BrFN2O7/c1-3-32-17-9-12(16(23)10-18(17)33-11-19(27)31-2)8-15-20(28)25-22(30)26(21(15)29)14-6-4-13(24)5-7-14/h4-10H,3,11H2,1-2H3,(H,25,28,30)/b15-8+. The molecule has 1 aliphatic heterocycles. The average molecular weight is 521 g/mol. The number of urea groups is 1. The Bertz CT molecular complexity index is 1150. The lowest BCUT2D eigenvalue weighted by Crippen LogP contribution is -2.54. The van der Waals surface area contributed by atoms with Crippen LogP contribution in [-0.4, -0.2) is 44.1 Å². The van der Waals surface area contributed by atoms with Gasteiger partial charge in [0.1, 0.15) is 11.4 Å². The number of ether oxygens (including phenoxy) is 3. The van der Waals surface area contributed by atoms with Crippen molar-refractivity contribution in [1.29, 1.82) is 0 Å². The third-order valence-electron chi connectivity index (χ3n) is 4.42. The summed E-state index contributed by atoms with van der Waals surface area (Å²) in [6, 6.07) is 6.74. The fourth-order valence-electron chi connectivity index (χ4n) is 2.88. The van der Waals surface area contributed by atoms with Crippen LogP contribution in [0.25, 0.3) is 6.08 Å². The number of amides is 4. The van der Waals surface area contributed by atoms with Gasteiger partial charge in [-0.2, -0.15) is 0 Å². The van der Waals surface area contributed by atoms with Crippen molar-refractivity contribution in [3.63, 3.8) is 0 Å². The molecule has 0 spiro atoms. The van der Waals surface area contributed by atoms with Crippen LogP contribution in [0.2, 0.25) is 0 Å². The number of carbonyl (C=O) groups excluding carboxylic acids is 4. The van der Waals surface area contributed by atoms with Gasteiger partial charge in [-0.3, -0.25) is 14.9 Å². The van der Waals surface area contributed by atoms with Gasteiger partial charge in [0.2, 0.25) is 0 Å². The lowest BCUT2D eigenvalue weighted by Gasteiger charge is -2.26. The number of anilines is 1. The number of barbiturate groups is 1. The molecule has 1 heterocycles. The number of nitrogens with zero attached hydrogens (tertiary/aromatic N) is 1. The minimum absolute atomic E-state index is 0.0953.